The van der Waals surface area contributed by atoms with Gasteiger partial charge in [0.1, 0.15) is 12.2 Å². The van der Waals surface area contributed by atoms with Crippen molar-refractivity contribution in [3.05, 3.63) is 34.9 Å². The van der Waals surface area contributed by atoms with Gasteiger partial charge in [-0.1, -0.05) is 12.1 Å². The van der Waals surface area contributed by atoms with E-state index in [1.54, 1.807) is 18.2 Å². The molecule has 2 saturated heterocycles. The molecule has 3 aliphatic heterocycles. The second-order valence-corrected chi connectivity index (χ2v) is 6.95. The van der Waals surface area contributed by atoms with Gasteiger partial charge in [-0.25, -0.2) is 4.39 Å². The minimum atomic E-state index is -1.01. The van der Waals surface area contributed by atoms with Crippen LogP contribution in [0.3, 0.4) is 0 Å². The lowest BCUT2D eigenvalue weighted by Gasteiger charge is -2.27. The highest BCUT2D eigenvalue weighted by atomic mass is 19.1. The van der Waals surface area contributed by atoms with E-state index in [9.17, 15) is 23.6 Å². The number of piperidine rings is 1. The number of rotatable bonds is 4. The van der Waals surface area contributed by atoms with Crippen LogP contribution in [0, 0.1) is 0 Å². The van der Waals surface area contributed by atoms with Gasteiger partial charge in [-0.2, -0.15) is 0 Å². The average Bonchev–Trinajstić information content (AvgIpc) is 3.16. The highest BCUT2D eigenvalue weighted by molar-refractivity contribution is 6.24. The summed E-state index contributed by atoms with van der Waals surface area (Å²) in [6.45, 7) is 1.01. The predicted octanol–water partition coefficient (Wildman–Crippen LogP) is -0.513. The molecule has 0 bridgehead atoms. The van der Waals surface area contributed by atoms with Crippen molar-refractivity contribution < 1.29 is 23.6 Å². The lowest BCUT2D eigenvalue weighted by Crippen LogP contribution is -2.54. The number of halogens is 1. The molecule has 8 nitrogen and oxygen atoms in total. The summed E-state index contributed by atoms with van der Waals surface area (Å²) in [6, 6.07) is 3.56. The van der Waals surface area contributed by atoms with E-state index < -0.39 is 35.8 Å². The van der Waals surface area contributed by atoms with Crippen molar-refractivity contribution in [3.63, 3.8) is 0 Å². The standard InChI is InChI=1S/C18H19FN4O4/c19-11-7-20-8-12(11)21-6-9-2-1-3-10-15(9)18(27)23(17(10)26)13-4-5-14(24)22-16(13)25/h1-3,11-13,20-21H,4-8H2,(H,22,24,25)/t11-,12+,13?/m0/s1. The first-order valence-corrected chi connectivity index (χ1v) is 8.89. The highest BCUT2D eigenvalue weighted by Gasteiger charge is 2.45. The van der Waals surface area contributed by atoms with E-state index >= 15 is 0 Å². The molecule has 4 rings (SSSR count). The summed E-state index contributed by atoms with van der Waals surface area (Å²) in [5, 5.41) is 8.20. The Kier molecular flexibility index (Phi) is 4.48. The van der Waals surface area contributed by atoms with Crippen molar-refractivity contribution in [2.75, 3.05) is 13.1 Å². The Balaban J connectivity index is 1.58. The SMILES string of the molecule is O=C1CCC(N2C(=O)c3cccc(CN[C@@H]4CNC[C@@H]4F)c3C2=O)C(=O)N1. The molecule has 0 spiro atoms. The second-order valence-electron chi connectivity index (χ2n) is 6.95. The Morgan fingerprint density at radius 2 is 1.96 bits per heavy atom. The minimum Gasteiger partial charge on any atom is -0.312 e. The van der Waals surface area contributed by atoms with Crippen molar-refractivity contribution in [1.82, 2.24) is 20.9 Å². The van der Waals surface area contributed by atoms with Gasteiger partial charge in [0, 0.05) is 26.1 Å². The number of alkyl halides is 1. The maximum Gasteiger partial charge on any atom is 0.262 e. The molecule has 2 fully saturated rings. The molecule has 3 aliphatic rings. The normalized spacial score (nSPS) is 27.9. The van der Waals surface area contributed by atoms with Crippen molar-refractivity contribution >= 4 is 23.6 Å². The second kappa shape index (κ2) is 6.82. The smallest absolute Gasteiger partial charge is 0.262 e. The molecule has 1 unspecified atom stereocenters. The molecule has 0 aliphatic carbocycles. The Bertz CT molecular complexity index is 843. The predicted molar refractivity (Wildman–Crippen MR) is 91.5 cm³/mol. The number of hydrogen-bond donors (Lipinski definition) is 3. The number of carbonyl (C=O) groups is 4. The molecule has 3 atom stereocenters. The van der Waals surface area contributed by atoms with E-state index in [1.807, 2.05) is 0 Å². The molecule has 0 aromatic heterocycles. The Morgan fingerprint density at radius 3 is 2.67 bits per heavy atom. The number of imide groups is 2. The van der Waals surface area contributed by atoms with E-state index in [2.05, 4.69) is 16.0 Å². The molecular formula is C18H19FN4O4. The van der Waals surface area contributed by atoms with Crippen LogP contribution in [0.1, 0.15) is 39.1 Å². The quantitative estimate of drug-likeness (QED) is 0.613. The molecule has 3 N–H and O–H groups in total. The molecule has 1 aromatic rings. The van der Waals surface area contributed by atoms with Crippen LogP contribution in [0.15, 0.2) is 18.2 Å². The van der Waals surface area contributed by atoms with E-state index in [-0.39, 0.29) is 43.1 Å². The topological polar surface area (TPSA) is 108 Å². The zero-order chi connectivity index (χ0) is 19.1. The summed E-state index contributed by atoms with van der Waals surface area (Å²) in [5.74, 6) is -2.15. The number of hydrogen-bond acceptors (Lipinski definition) is 6. The molecular weight excluding hydrogens is 355 g/mol. The molecule has 9 heteroatoms. The lowest BCUT2D eigenvalue weighted by atomic mass is 10.0. The zero-order valence-corrected chi connectivity index (χ0v) is 14.5. The summed E-state index contributed by atoms with van der Waals surface area (Å²) in [5.41, 5.74) is 1.05. The molecule has 0 radical (unpaired) electrons. The van der Waals surface area contributed by atoms with E-state index in [0.717, 1.165) is 4.90 Å². The Labute approximate surface area is 154 Å². The lowest BCUT2D eigenvalue weighted by molar-refractivity contribution is -0.136. The largest absolute Gasteiger partial charge is 0.312 e. The Morgan fingerprint density at radius 1 is 1.15 bits per heavy atom. The van der Waals surface area contributed by atoms with Crippen LogP contribution in [0.25, 0.3) is 0 Å². The van der Waals surface area contributed by atoms with Crippen LogP contribution < -0.4 is 16.0 Å². The van der Waals surface area contributed by atoms with Gasteiger partial charge >= 0.3 is 0 Å². The van der Waals surface area contributed by atoms with Crippen LogP contribution in [0.2, 0.25) is 0 Å². The van der Waals surface area contributed by atoms with E-state index in [1.165, 1.54) is 0 Å². The molecule has 1 aromatic carbocycles. The van der Waals surface area contributed by atoms with Crippen LogP contribution >= 0.6 is 0 Å². The van der Waals surface area contributed by atoms with Crippen LogP contribution in [-0.4, -0.2) is 59.9 Å². The van der Waals surface area contributed by atoms with Gasteiger partial charge in [-0.05, 0) is 18.1 Å². The van der Waals surface area contributed by atoms with Gasteiger partial charge in [-0.15, -0.1) is 0 Å². The summed E-state index contributed by atoms with van der Waals surface area (Å²) < 4.78 is 13.8. The maximum atomic E-state index is 13.8. The van der Waals surface area contributed by atoms with Crippen molar-refractivity contribution in [2.24, 2.45) is 0 Å². The third kappa shape index (κ3) is 3.02. The molecule has 27 heavy (non-hydrogen) atoms. The average molecular weight is 374 g/mol. The van der Waals surface area contributed by atoms with E-state index in [0.29, 0.717) is 12.1 Å². The number of carbonyl (C=O) groups excluding carboxylic acids is 4. The number of nitrogens with one attached hydrogen (secondary N) is 3. The molecule has 3 heterocycles. The zero-order valence-electron chi connectivity index (χ0n) is 14.5. The fourth-order valence-electron chi connectivity index (χ4n) is 3.82. The first-order chi connectivity index (χ1) is 13.0. The van der Waals surface area contributed by atoms with Crippen molar-refractivity contribution in [2.45, 2.75) is 37.6 Å². The fraction of sp³-hybridized carbons (Fsp3) is 0.444. The third-order valence-corrected chi connectivity index (χ3v) is 5.25. The van der Waals surface area contributed by atoms with Gasteiger partial charge in [0.05, 0.1) is 17.2 Å². The number of fused-ring (bicyclic) bond motifs is 1. The van der Waals surface area contributed by atoms with Crippen LogP contribution in [-0.2, 0) is 16.1 Å². The number of benzene rings is 1. The van der Waals surface area contributed by atoms with Gasteiger partial charge in [0.25, 0.3) is 11.8 Å². The summed E-state index contributed by atoms with van der Waals surface area (Å²) in [4.78, 5) is 50.1. The third-order valence-electron chi connectivity index (χ3n) is 5.25. The monoisotopic (exact) mass is 374 g/mol. The summed E-state index contributed by atoms with van der Waals surface area (Å²) in [7, 11) is 0. The minimum absolute atomic E-state index is 0.0742. The van der Waals surface area contributed by atoms with Gasteiger partial charge < -0.3 is 10.6 Å². The van der Waals surface area contributed by atoms with Crippen molar-refractivity contribution in [3.8, 4) is 0 Å². The van der Waals surface area contributed by atoms with Gasteiger partial charge in [0.2, 0.25) is 11.8 Å². The Hall–Kier alpha value is -2.65. The fourth-order valence-corrected chi connectivity index (χ4v) is 3.82. The summed E-state index contributed by atoms with van der Waals surface area (Å²) in [6.07, 6.45) is -0.828. The van der Waals surface area contributed by atoms with Gasteiger partial charge in [0.15, 0.2) is 0 Å². The number of nitrogens with zero attached hydrogens (tertiary/aromatic N) is 1. The van der Waals surface area contributed by atoms with Gasteiger partial charge in [-0.3, -0.25) is 29.4 Å². The highest BCUT2D eigenvalue weighted by Crippen LogP contribution is 2.30. The molecule has 4 amide bonds. The maximum absolute atomic E-state index is 13.8. The van der Waals surface area contributed by atoms with Crippen molar-refractivity contribution in [1.29, 1.82) is 0 Å². The first kappa shape index (κ1) is 17.7. The van der Waals surface area contributed by atoms with Crippen LogP contribution in [0.5, 0.6) is 0 Å². The molecule has 142 valence electrons. The van der Waals surface area contributed by atoms with E-state index in [4.69, 9.17) is 0 Å². The summed E-state index contributed by atoms with van der Waals surface area (Å²) >= 11 is 0. The first-order valence-electron chi connectivity index (χ1n) is 8.89. The van der Waals surface area contributed by atoms with Crippen LogP contribution in [0.4, 0.5) is 4.39 Å². The molecule has 0 saturated carbocycles. The number of amides is 4.